The summed E-state index contributed by atoms with van der Waals surface area (Å²) < 4.78 is 6.61. The van der Waals surface area contributed by atoms with Crippen LogP contribution in [-0.2, 0) is 6.54 Å². The number of amides is 1. The predicted octanol–water partition coefficient (Wildman–Crippen LogP) is 5.48. The lowest BCUT2D eigenvalue weighted by atomic mass is 10.1. The molecule has 11 heteroatoms. The molecule has 1 amide bonds. The molecule has 2 aromatic carbocycles. The van der Waals surface area contributed by atoms with Crippen molar-refractivity contribution in [3.05, 3.63) is 75.0 Å². The Morgan fingerprint density at radius 1 is 1.24 bits per heavy atom. The maximum absolute atomic E-state index is 12.7. The van der Waals surface area contributed by atoms with E-state index in [1.807, 2.05) is 37.3 Å². The van der Waals surface area contributed by atoms with E-state index in [1.54, 1.807) is 0 Å². The number of carbonyl (C=O) groups excluding carboxylic acids is 1. The molecule has 0 fully saturated rings. The number of aromatic carboxylic acids is 1. The van der Waals surface area contributed by atoms with Crippen molar-refractivity contribution in [3.8, 4) is 5.75 Å². The number of aromatic amines is 1. The first-order valence-electron chi connectivity index (χ1n) is 9.75. The zero-order valence-electron chi connectivity index (χ0n) is 17.2. The third kappa shape index (κ3) is 4.67. The first-order chi connectivity index (χ1) is 15.8. The molecule has 1 atom stereocenters. The Morgan fingerprint density at radius 2 is 1.97 bits per heavy atom. The summed E-state index contributed by atoms with van der Waals surface area (Å²) in [6.45, 7) is 1.95. The van der Waals surface area contributed by atoms with Gasteiger partial charge in [-0.05, 0) is 24.6 Å². The van der Waals surface area contributed by atoms with E-state index >= 15 is 0 Å². The van der Waals surface area contributed by atoms with E-state index in [2.05, 4.69) is 15.3 Å². The fourth-order valence-electron chi connectivity index (χ4n) is 3.21. The van der Waals surface area contributed by atoms with Crippen LogP contribution >= 0.6 is 34.5 Å². The number of benzene rings is 2. The lowest BCUT2D eigenvalue weighted by Crippen LogP contribution is -2.13. The molecule has 33 heavy (non-hydrogen) atoms. The molecule has 2 aromatic heterocycles. The van der Waals surface area contributed by atoms with Gasteiger partial charge in [0.1, 0.15) is 23.1 Å². The van der Waals surface area contributed by atoms with Gasteiger partial charge in [0, 0.05) is 12.2 Å². The van der Waals surface area contributed by atoms with Gasteiger partial charge >= 0.3 is 5.97 Å². The number of rotatable bonds is 7. The summed E-state index contributed by atoms with van der Waals surface area (Å²) in [6.07, 6.45) is -0.354. The summed E-state index contributed by atoms with van der Waals surface area (Å²) in [6, 6.07) is 12.4. The van der Waals surface area contributed by atoms with Gasteiger partial charge in [-0.2, -0.15) is 0 Å². The molecule has 0 bridgehead atoms. The lowest BCUT2D eigenvalue weighted by Gasteiger charge is -2.15. The topological polar surface area (TPSA) is 130 Å². The van der Waals surface area contributed by atoms with Gasteiger partial charge in [0.2, 0.25) is 0 Å². The molecule has 4 rings (SSSR count). The lowest BCUT2D eigenvalue weighted by molar-refractivity contribution is 0.0696. The van der Waals surface area contributed by atoms with Crippen LogP contribution in [0.3, 0.4) is 0 Å². The number of thiazole rings is 1. The maximum Gasteiger partial charge on any atom is 0.335 e. The fourth-order valence-corrected chi connectivity index (χ4v) is 4.59. The van der Waals surface area contributed by atoms with Gasteiger partial charge in [0.25, 0.3) is 5.91 Å². The molecule has 8 nitrogen and oxygen atoms in total. The van der Waals surface area contributed by atoms with Gasteiger partial charge in [-0.1, -0.05) is 64.9 Å². The smallest absolute Gasteiger partial charge is 0.335 e. The van der Waals surface area contributed by atoms with Gasteiger partial charge in [0.15, 0.2) is 5.13 Å². The van der Waals surface area contributed by atoms with Gasteiger partial charge in [0.05, 0.1) is 20.3 Å². The number of ether oxygens (including phenoxy) is 1. The molecule has 4 aromatic rings. The number of H-pyrrole nitrogens is 1. The summed E-state index contributed by atoms with van der Waals surface area (Å²) in [4.78, 5) is 31.6. The molecule has 2 heterocycles. The van der Waals surface area contributed by atoms with E-state index in [-0.39, 0.29) is 39.1 Å². The van der Waals surface area contributed by atoms with Crippen LogP contribution < -0.4 is 15.8 Å². The van der Waals surface area contributed by atoms with E-state index in [4.69, 9.17) is 33.7 Å². The zero-order chi connectivity index (χ0) is 23.7. The first kappa shape index (κ1) is 23.1. The molecule has 0 aliphatic carbocycles. The van der Waals surface area contributed by atoms with Gasteiger partial charge in [-0.25, -0.2) is 9.78 Å². The summed E-state index contributed by atoms with van der Waals surface area (Å²) in [7, 11) is 0. The Labute approximate surface area is 202 Å². The zero-order valence-corrected chi connectivity index (χ0v) is 19.5. The number of carboxylic acid groups (broad SMARTS) is 1. The van der Waals surface area contributed by atoms with Crippen LogP contribution in [0.15, 0.2) is 42.5 Å². The van der Waals surface area contributed by atoms with Crippen molar-refractivity contribution < 1.29 is 19.4 Å². The SMILES string of the molecule is CC(Oc1cc(C(=O)O)cc2sc(NC(=O)c3[nH]c(CN)c(Cl)c3Cl)nc12)c1ccccc1. The van der Waals surface area contributed by atoms with E-state index < -0.39 is 11.9 Å². The Balaban J connectivity index is 1.68. The highest BCUT2D eigenvalue weighted by molar-refractivity contribution is 7.22. The summed E-state index contributed by atoms with van der Waals surface area (Å²) in [5, 5.41) is 12.7. The number of hydrogen-bond acceptors (Lipinski definition) is 6. The van der Waals surface area contributed by atoms with Crippen LogP contribution in [0.1, 0.15) is 45.1 Å². The number of halogens is 2. The van der Waals surface area contributed by atoms with Crippen molar-refractivity contribution in [2.45, 2.75) is 19.6 Å². The molecule has 0 aliphatic heterocycles. The second-order valence-electron chi connectivity index (χ2n) is 7.08. The van der Waals surface area contributed by atoms with Crippen molar-refractivity contribution in [2.75, 3.05) is 5.32 Å². The minimum absolute atomic E-state index is 0.0473. The fraction of sp³-hybridized carbons (Fsp3) is 0.136. The highest BCUT2D eigenvalue weighted by Crippen LogP contribution is 2.37. The number of nitrogens with one attached hydrogen (secondary N) is 2. The predicted molar refractivity (Wildman–Crippen MR) is 129 cm³/mol. The van der Waals surface area contributed by atoms with Crippen molar-refractivity contribution in [2.24, 2.45) is 5.73 Å². The first-order valence-corrected chi connectivity index (χ1v) is 11.3. The summed E-state index contributed by atoms with van der Waals surface area (Å²) >= 11 is 13.3. The minimum Gasteiger partial charge on any atom is -0.484 e. The van der Waals surface area contributed by atoms with E-state index in [9.17, 15) is 14.7 Å². The van der Waals surface area contributed by atoms with Crippen LogP contribution in [0, 0.1) is 0 Å². The van der Waals surface area contributed by atoms with Crippen LogP contribution in [0.4, 0.5) is 5.13 Å². The molecule has 0 aliphatic rings. The third-order valence-corrected chi connectivity index (χ3v) is 6.69. The molecule has 170 valence electrons. The number of aromatic nitrogens is 2. The number of fused-ring (bicyclic) bond motifs is 1. The average molecular weight is 505 g/mol. The van der Waals surface area contributed by atoms with E-state index in [0.29, 0.717) is 21.7 Å². The van der Waals surface area contributed by atoms with E-state index in [1.165, 1.54) is 12.1 Å². The maximum atomic E-state index is 12.7. The summed E-state index contributed by atoms with van der Waals surface area (Å²) in [5.74, 6) is -1.36. The second-order valence-corrected chi connectivity index (χ2v) is 8.87. The highest BCUT2D eigenvalue weighted by atomic mass is 35.5. The van der Waals surface area contributed by atoms with Crippen molar-refractivity contribution >= 4 is 61.8 Å². The molecular weight excluding hydrogens is 487 g/mol. The molecule has 0 spiro atoms. The standard InChI is InChI=1S/C22H18Cl2N4O4S/c1-10(11-5-3-2-4-6-11)32-14-7-12(21(30)31)8-15-18(14)27-22(33-15)28-20(29)19-17(24)16(23)13(9-25)26-19/h2-8,10,26H,9,25H2,1H3,(H,30,31)(H,27,28,29). The van der Waals surface area contributed by atoms with Gasteiger partial charge < -0.3 is 20.6 Å². The largest absolute Gasteiger partial charge is 0.484 e. The quantitative estimate of drug-likeness (QED) is 0.263. The number of nitrogens with two attached hydrogens (primary N) is 1. The summed E-state index contributed by atoms with van der Waals surface area (Å²) in [5.41, 5.74) is 7.49. The van der Waals surface area contributed by atoms with Gasteiger partial charge in [-0.3, -0.25) is 10.1 Å². The number of hydrogen-bond donors (Lipinski definition) is 4. The molecule has 0 saturated carbocycles. The number of carbonyl (C=O) groups is 2. The van der Waals surface area contributed by atoms with Crippen LogP contribution in [0.5, 0.6) is 5.75 Å². The third-order valence-electron chi connectivity index (χ3n) is 4.88. The molecule has 0 saturated heterocycles. The molecule has 1 unspecified atom stereocenters. The monoisotopic (exact) mass is 504 g/mol. The average Bonchev–Trinajstić information content (AvgIpc) is 3.34. The Bertz CT molecular complexity index is 1350. The Hall–Kier alpha value is -3.11. The van der Waals surface area contributed by atoms with Crippen molar-refractivity contribution in [3.63, 3.8) is 0 Å². The van der Waals surface area contributed by atoms with Crippen molar-refractivity contribution in [1.82, 2.24) is 9.97 Å². The molecule has 5 N–H and O–H groups in total. The highest BCUT2D eigenvalue weighted by Gasteiger charge is 2.22. The Kier molecular flexibility index (Phi) is 6.57. The Morgan fingerprint density at radius 3 is 2.61 bits per heavy atom. The van der Waals surface area contributed by atoms with Crippen molar-refractivity contribution in [1.29, 1.82) is 0 Å². The number of nitrogens with zero attached hydrogens (tertiary/aromatic N) is 1. The number of anilines is 1. The van der Waals surface area contributed by atoms with Crippen LogP contribution in [0.25, 0.3) is 10.2 Å². The van der Waals surface area contributed by atoms with Gasteiger partial charge in [-0.15, -0.1) is 0 Å². The van der Waals surface area contributed by atoms with Crippen LogP contribution in [-0.4, -0.2) is 27.0 Å². The number of carboxylic acids is 1. The molecule has 0 radical (unpaired) electrons. The minimum atomic E-state index is -1.10. The van der Waals surface area contributed by atoms with Crippen LogP contribution in [0.2, 0.25) is 10.0 Å². The normalized spacial score (nSPS) is 12.0. The second kappa shape index (κ2) is 9.40. The molecular formula is C22H18Cl2N4O4S. The van der Waals surface area contributed by atoms with E-state index in [0.717, 1.165) is 16.9 Å².